The number of hydrogen-bond acceptors (Lipinski definition) is 6. The molecule has 0 saturated carbocycles. The maximum absolute atomic E-state index is 11.9. The Labute approximate surface area is 161 Å². The summed E-state index contributed by atoms with van der Waals surface area (Å²) in [6.07, 6.45) is 0. The normalized spacial score (nSPS) is 10.3. The molecular formula is C19H22N2O5S. The van der Waals surface area contributed by atoms with Crippen molar-refractivity contribution in [3.63, 3.8) is 0 Å². The van der Waals surface area contributed by atoms with E-state index in [1.807, 2.05) is 31.2 Å². The highest BCUT2D eigenvalue weighted by atomic mass is 32.2. The smallest absolute Gasteiger partial charge is 0.341 e. The van der Waals surface area contributed by atoms with Crippen LogP contribution in [0.5, 0.6) is 0 Å². The molecule has 8 heteroatoms. The Bertz CT molecular complexity index is 814. The molecule has 0 unspecified atom stereocenters. The molecule has 1 heterocycles. The Morgan fingerprint density at radius 2 is 1.74 bits per heavy atom. The molecule has 2 amide bonds. The molecule has 0 aliphatic carbocycles. The number of hydrogen-bond donors (Lipinski definition) is 2. The minimum absolute atomic E-state index is 0.144. The number of amides is 2. The first kappa shape index (κ1) is 20.6. The molecule has 1 aromatic carbocycles. The Balaban J connectivity index is 1.69. The minimum Gasteiger partial charge on any atom is -0.465 e. The van der Waals surface area contributed by atoms with Gasteiger partial charge in [0.05, 0.1) is 25.2 Å². The van der Waals surface area contributed by atoms with Crippen LogP contribution in [0.3, 0.4) is 0 Å². The van der Waals surface area contributed by atoms with E-state index in [-0.39, 0.29) is 29.9 Å². The summed E-state index contributed by atoms with van der Waals surface area (Å²) in [5.74, 6) is 0.344. The number of benzene rings is 1. The fourth-order valence-corrected chi connectivity index (χ4v) is 2.90. The molecule has 0 fully saturated rings. The van der Waals surface area contributed by atoms with E-state index in [2.05, 4.69) is 15.4 Å². The Morgan fingerprint density at radius 3 is 2.41 bits per heavy atom. The number of furan rings is 1. The molecule has 27 heavy (non-hydrogen) atoms. The van der Waals surface area contributed by atoms with Gasteiger partial charge in [0.1, 0.15) is 17.1 Å². The van der Waals surface area contributed by atoms with Gasteiger partial charge in [0.2, 0.25) is 11.8 Å². The lowest BCUT2D eigenvalue weighted by atomic mass is 10.2. The van der Waals surface area contributed by atoms with Gasteiger partial charge in [-0.1, -0.05) is 17.7 Å². The molecule has 2 N–H and O–H groups in total. The number of carbonyl (C=O) groups excluding carboxylic acids is 3. The van der Waals surface area contributed by atoms with Crippen molar-refractivity contribution < 1.29 is 23.5 Å². The molecule has 1 aromatic heterocycles. The van der Waals surface area contributed by atoms with E-state index in [4.69, 9.17) is 4.42 Å². The summed E-state index contributed by atoms with van der Waals surface area (Å²) in [5, 5.41) is 5.46. The summed E-state index contributed by atoms with van der Waals surface area (Å²) < 4.78 is 10.1. The molecule has 0 spiro atoms. The molecule has 2 rings (SSSR count). The number of esters is 1. The second-order valence-electron chi connectivity index (χ2n) is 5.86. The molecule has 0 saturated heterocycles. The SMILES string of the molecule is COC(=O)c1cc(CNC(=O)CSCC(=O)Nc2ccc(C)cc2)oc1C. The second-order valence-corrected chi connectivity index (χ2v) is 6.84. The van der Waals surface area contributed by atoms with E-state index in [1.54, 1.807) is 13.0 Å². The van der Waals surface area contributed by atoms with E-state index in [9.17, 15) is 14.4 Å². The van der Waals surface area contributed by atoms with Crippen LogP contribution in [0.4, 0.5) is 5.69 Å². The van der Waals surface area contributed by atoms with Crippen LogP contribution in [0.25, 0.3) is 0 Å². The highest BCUT2D eigenvalue weighted by Gasteiger charge is 2.15. The number of thioether (sulfide) groups is 1. The largest absolute Gasteiger partial charge is 0.465 e. The lowest BCUT2D eigenvalue weighted by Crippen LogP contribution is -2.25. The molecule has 0 radical (unpaired) electrons. The van der Waals surface area contributed by atoms with E-state index < -0.39 is 5.97 Å². The molecular weight excluding hydrogens is 368 g/mol. The van der Waals surface area contributed by atoms with Crippen LogP contribution >= 0.6 is 11.8 Å². The minimum atomic E-state index is -0.482. The highest BCUT2D eigenvalue weighted by molar-refractivity contribution is 8.00. The van der Waals surface area contributed by atoms with Crippen molar-refractivity contribution in [3.8, 4) is 0 Å². The molecule has 144 valence electrons. The second kappa shape index (κ2) is 9.82. The Hall–Kier alpha value is -2.74. The standard InChI is InChI=1S/C19H22N2O5S/c1-12-4-6-14(7-5-12)21-18(23)11-27-10-17(22)20-9-15-8-16(13(2)26-15)19(24)25-3/h4-8H,9-11H2,1-3H3,(H,20,22)(H,21,23). The quantitative estimate of drug-likeness (QED) is 0.673. The Morgan fingerprint density at radius 1 is 1.07 bits per heavy atom. The third-order valence-electron chi connectivity index (χ3n) is 3.64. The van der Waals surface area contributed by atoms with Crippen LogP contribution in [0.2, 0.25) is 0 Å². The zero-order valence-corrected chi connectivity index (χ0v) is 16.3. The van der Waals surface area contributed by atoms with Crippen LogP contribution in [0.1, 0.15) is 27.4 Å². The van der Waals surface area contributed by atoms with Crippen LogP contribution in [-0.2, 0) is 20.9 Å². The number of aryl methyl sites for hydroxylation is 2. The number of carbonyl (C=O) groups is 3. The molecule has 2 aromatic rings. The number of methoxy groups -OCH3 is 1. The number of nitrogens with one attached hydrogen (secondary N) is 2. The molecule has 0 bridgehead atoms. The van der Waals surface area contributed by atoms with Crippen molar-refractivity contribution in [3.05, 3.63) is 53.0 Å². The van der Waals surface area contributed by atoms with Gasteiger partial charge in [-0.05, 0) is 32.0 Å². The summed E-state index contributed by atoms with van der Waals surface area (Å²) in [6.45, 7) is 3.78. The van der Waals surface area contributed by atoms with Gasteiger partial charge in [0, 0.05) is 5.69 Å². The van der Waals surface area contributed by atoms with Crippen LogP contribution in [-0.4, -0.2) is 36.4 Å². The topological polar surface area (TPSA) is 97.6 Å². The summed E-state index contributed by atoms with van der Waals surface area (Å²) >= 11 is 1.22. The van der Waals surface area contributed by atoms with Gasteiger partial charge in [0.15, 0.2) is 0 Å². The van der Waals surface area contributed by atoms with Gasteiger partial charge >= 0.3 is 5.97 Å². The third kappa shape index (κ3) is 6.49. The fourth-order valence-electron chi connectivity index (χ4n) is 2.25. The van der Waals surface area contributed by atoms with Crippen LogP contribution in [0, 0.1) is 13.8 Å². The van der Waals surface area contributed by atoms with Gasteiger partial charge in [-0.15, -0.1) is 11.8 Å². The number of anilines is 1. The zero-order valence-electron chi connectivity index (χ0n) is 15.5. The van der Waals surface area contributed by atoms with Crippen molar-refractivity contribution in [2.24, 2.45) is 0 Å². The first-order valence-electron chi connectivity index (χ1n) is 8.27. The first-order chi connectivity index (χ1) is 12.9. The molecule has 7 nitrogen and oxygen atoms in total. The van der Waals surface area contributed by atoms with Crippen molar-refractivity contribution in [2.45, 2.75) is 20.4 Å². The summed E-state index contributed by atoms with van der Waals surface area (Å²) in [5.41, 5.74) is 2.18. The number of rotatable bonds is 8. The average Bonchev–Trinajstić information content (AvgIpc) is 3.02. The maximum atomic E-state index is 11.9. The van der Waals surface area contributed by atoms with Gasteiger partial charge < -0.3 is 19.8 Å². The van der Waals surface area contributed by atoms with E-state index >= 15 is 0 Å². The number of ether oxygens (including phenoxy) is 1. The van der Waals surface area contributed by atoms with Crippen molar-refractivity contribution in [2.75, 3.05) is 23.9 Å². The van der Waals surface area contributed by atoms with E-state index in [0.717, 1.165) is 11.3 Å². The van der Waals surface area contributed by atoms with Crippen LogP contribution in [0.15, 0.2) is 34.7 Å². The first-order valence-corrected chi connectivity index (χ1v) is 9.43. The van der Waals surface area contributed by atoms with Crippen molar-refractivity contribution >= 4 is 35.2 Å². The lowest BCUT2D eigenvalue weighted by Gasteiger charge is -2.06. The summed E-state index contributed by atoms with van der Waals surface area (Å²) in [6, 6.07) is 9.04. The van der Waals surface area contributed by atoms with Crippen LogP contribution < -0.4 is 10.6 Å². The lowest BCUT2D eigenvalue weighted by molar-refractivity contribution is -0.118. The van der Waals surface area contributed by atoms with E-state index in [1.165, 1.54) is 18.9 Å². The third-order valence-corrected chi connectivity index (χ3v) is 4.57. The molecule has 0 atom stereocenters. The Kier molecular flexibility index (Phi) is 7.48. The molecule has 0 aliphatic heterocycles. The van der Waals surface area contributed by atoms with E-state index in [0.29, 0.717) is 17.1 Å². The fraction of sp³-hybridized carbons (Fsp3) is 0.316. The van der Waals surface area contributed by atoms with Gasteiger partial charge in [0.25, 0.3) is 0 Å². The summed E-state index contributed by atoms with van der Waals surface area (Å²) in [4.78, 5) is 35.3. The van der Waals surface area contributed by atoms with Crippen molar-refractivity contribution in [1.82, 2.24) is 5.32 Å². The van der Waals surface area contributed by atoms with Gasteiger partial charge in [-0.2, -0.15) is 0 Å². The predicted octanol–water partition coefficient (Wildman–Crippen LogP) is 2.67. The highest BCUT2D eigenvalue weighted by Crippen LogP contribution is 2.15. The summed E-state index contributed by atoms with van der Waals surface area (Å²) in [7, 11) is 1.29. The monoisotopic (exact) mass is 390 g/mol. The average molecular weight is 390 g/mol. The predicted molar refractivity (Wildman–Crippen MR) is 104 cm³/mol. The van der Waals surface area contributed by atoms with Gasteiger partial charge in [-0.3, -0.25) is 9.59 Å². The van der Waals surface area contributed by atoms with Crippen molar-refractivity contribution in [1.29, 1.82) is 0 Å². The van der Waals surface area contributed by atoms with Gasteiger partial charge in [-0.25, -0.2) is 4.79 Å². The maximum Gasteiger partial charge on any atom is 0.341 e. The zero-order chi connectivity index (χ0) is 19.8. The molecule has 0 aliphatic rings.